The molecular formula is C15H14N2O2S. The predicted molar refractivity (Wildman–Crippen MR) is 80.8 cm³/mol. The smallest absolute Gasteiger partial charge is 0.287 e. The summed E-state index contributed by atoms with van der Waals surface area (Å²) in [6, 6.07) is 10.9. The van der Waals surface area contributed by atoms with Crippen LogP contribution in [0.15, 0.2) is 46.2 Å². The Balaban J connectivity index is 1.82. The van der Waals surface area contributed by atoms with Crippen LogP contribution in [0.2, 0.25) is 0 Å². The molecular weight excluding hydrogens is 272 g/mol. The molecule has 0 bridgehead atoms. The molecule has 0 fully saturated rings. The predicted octanol–water partition coefficient (Wildman–Crippen LogP) is 3.57. The quantitative estimate of drug-likeness (QED) is 0.723. The van der Waals surface area contributed by atoms with Crippen LogP contribution in [0.3, 0.4) is 0 Å². The van der Waals surface area contributed by atoms with E-state index in [1.54, 1.807) is 35.6 Å². The summed E-state index contributed by atoms with van der Waals surface area (Å²) in [5, 5.41) is 5.74. The molecule has 1 aromatic carbocycles. The fraction of sp³-hybridized carbons (Fsp3) is 0.133. The summed E-state index contributed by atoms with van der Waals surface area (Å²) in [7, 11) is 0. The molecule has 1 atom stereocenters. The molecule has 0 saturated heterocycles. The van der Waals surface area contributed by atoms with Crippen molar-refractivity contribution in [2.75, 3.05) is 5.73 Å². The first-order valence-corrected chi connectivity index (χ1v) is 7.15. The Bertz CT molecular complexity index is 746. The highest BCUT2D eigenvalue weighted by Crippen LogP contribution is 2.23. The Morgan fingerprint density at radius 1 is 1.35 bits per heavy atom. The average molecular weight is 286 g/mol. The highest BCUT2D eigenvalue weighted by atomic mass is 32.1. The number of fused-ring (bicyclic) bond motifs is 1. The molecule has 20 heavy (non-hydrogen) atoms. The molecule has 3 aromatic rings. The molecule has 102 valence electrons. The van der Waals surface area contributed by atoms with E-state index in [-0.39, 0.29) is 11.9 Å². The van der Waals surface area contributed by atoms with Gasteiger partial charge in [-0.25, -0.2) is 0 Å². The van der Waals surface area contributed by atoms with Gasteiger partial charge in [-0.15, -0.1) is 11.3 Å². The zero-order valence-electron chi connectivity index (χ0n) is 10.9. The van der Waals surface area contributed by atoms with Gasteiger partial charge in [0.05, 0.1) is 6.04 Å². The zero-order chi connectivity index (χ0) is 14.1. The van der Waals surface area contributed by atoms with Gasteiger partial charge in [0.25, 0.3) is 5.91 Å². The van der Waals surface area contributed by atoms with Gasteiger partial charge >= 0.3 is 0 Å². The molecule has 2 heterocycles. The molecule has 0 radical (unpaired) electrons. The van der Waals surface area contributed by atoms with Crippen LogP contribution in [-0.4, -0.2) is 5.91 Å². The van der Waals surface area contributed by atoms with Crippen LogP contribution in [0, 0.1) is 0 Å². The van der Waals surface area contributed by atoms with E-state index in [4.69, 9.17) is 10.2 Å². The van der Waals surface area contributed by atoms with Crippen molar-refractivity contribution in [3.8, 4) is 0 Å². The summed E-state index contributed by atoms with van der Waals surface area (Å²) in [6.45, 7) is 1.95. The summed E-state index contributed by atoms with van der Waals surface area (Å²) in [5.41, 5.74) is 7.02. The SMILES string of the molecule is CC(NC(=O)c1cc2cc(N)ccc2o1)c1cccs1. The Morgan fingerprint density at radius 3 is 2.95 bits per heavy atom. The number of benzene rings is 1. The number of thiophene rings is 1. The van der Waals surface area contributed by atoms with Crippen molar-refractivity contribution in [2.24, 2.45) is 0 Å². The first kappa shape index (κ1) is 12.7. The van der Waals surface area contributed by atoms with E-state index >= 15 is 0 Å². The van der Waals surface area contributed by atoms with Gasteiger partial charge in [-0.3, -0.25) is 4.79 Å². The van der Waals surface area contributed by atoms with Crippen molar-refractivity contribution in [2.45, 2.75) is 13.0 Å². The van der Waals surface area contributed by atoms with Crippen LogP contribution < -0.4 is 11.1 Å². The van der Waals surface area contributed by atoms with Crippen LogP contribution >= 0.6 is 11.3 Å². The van der Waals surface area contributed by atoms with Gasteiger partial charge in [0, 0.05) is 16.0 Å². The second-order valence-electron chi connectivity index (χ2n) is 4.62. The summed E-state index contributed by atoms with van der Waals surface area (Å²) < 4.78 is 5.54. The lowest BCUT2D eigenvalue weighted by Gasteiger charge is -2.10. The van der Waals surface area contributed by atoms with Gasteiger partial charge in [0.15, 0.2) is 5.76 Å². The third-order valence-electron chi connectivity index (χ3n) is 3.08. The second kappa shape index (κ2) is 5.02. The van der Waals surface area contributed by atoms with Gasteiger partial charge in [0.1, 0.15) is 5.58 Å². The van der Waals surface area contributed by atoms with Gasteiger partial charge in [-0.05, 0) is 42.6 Å². The molecule has 4 nitrogen and oxygen atoms in total. The van der Waals surface area contributed by atoms with E-state index < -0.39 is 0 Å². The summed E-state index contributed by atoms with van der Waals surface area (Å²) in [5.74, 6) is 0.0784. The number of carbonyl (C=O) groups is 1. The van der Waals surface area contributed by atoms with E-state index in [0.29, 0.717) is 17.0 Å². The molecule has 0 aliphatic rings. The minimum Gasteiger partial charge on any atom is -0.451 e. The highest BCUT2D eigenvalue weighted by Gasteiger charge is 2.16. The lowest BCUT2D eigenvalue weighted by molar-refractivity contribution is 0.0914. The van der Waals surface area contributed by atoms with E-state index in [1.165, 1.54) is 0 Å². The standard InChI is InChI=1S/C15H14N2O2S/c1-9(14-3-2-6-20-14)17-15(18)13-8-10-7-11(16)4-5-12(10)19-13/h2-9H,16H2,1H3,(H,17,18). The Labute approximate surface area is 120 Å². The van der Waals surface area contributed by atoms with Crippen LogP contribution in [-0.2, 0) is 0 Å². The number of rotatable bonds is 3. The van der Waals surface area contributed by atoms with Crippen molar-refractivity contribution in [1.82, 2.24) is 5.32 Å². The maximum Gasteiger partial charge on any atom is 0.287 e. The number of nitrogens with one attached hydrogen (secondary N) is 1. The molecule has 3 N–H and O–H groups in total. The Hall–Kier alpha value is -2.27. The summed E-state index contributed by atoms with van der Waals surface area (Å²) in [6.07, 6.45) is 0. The maximum atomic E-state index is 12.2. The Kier molecular flexibility index (Phi) is 3.20. The van der Waals surface area contributed by atoms with Crippen molar-refractivity contribution in [3.05, 3.63) is 52.4 Å². The molecule has 5 heteroatoms. The molecule has 1 unspecified atom stereocenters. The monoisotopic (exact) mass is 286 g/mol. The summed E-state index contributed by atoms with van der Waals surface area (Å²) in [4.78, 5) is 13.3. The van der Waals surface area contributed by atoms with Gasteiger partial charge in [0.2, 0.25) is 0 Å². The van der Waals surface area contributed by atoms with Crippen LogP contribution in [0.4, 0.5) is 5.69 Å². The van der Waals surface area contributed by atoms with Crippen molar-refractivity contribution >= 4 is 33.9 Å². The van der Waals surface area contributed by atoms with Crippen molar-refractivity contribution in [3.63, 3.8) is 0 Å². The van der Waals surface area contributed by atoms with Crippen LogP contribution in [0.1, 0.15) is 28.4 Å². The molecule has 0 aliphatic heterocycles. The third kappa shape index (κ3) is 2.40. The second-order valence-corrected chi connectivity index (χ2v) is 5.60. The number of hydrogen-bond acceptors (Lipinski definition) is 4. The van der Waals surface area contributed by atoms with Crippen molar-refractivity contribution < 1.29 is 9.21 Å². The number of nitrogen functional groups attached to an aromatic ring is 1. The third-order valence-corrected chi connectivity index (χ3v) is 4.14. The zero-order valence-corrected chi connectivity index (χ0v) is 11.7. The van der Waals surface area contributed by atoms with Crippen LogP contribution in [0.25, 0.3) is 11.0 Å². The van der Waals surface area contributed by atoms with E-state index in [1.807, 2.05) is 24.4 Å². The molecule has 1 amide bonds. The average Bonchev–Trinajstić information content (AvgIpc) is 3.07. The topological polar surface area (TPSA) is 68.3 Å². The first-order valence-electron chi connectivity index (χ1n) is 6.27. The lowest BCUT2D eigenvalue weighted by atomic mass is 10.2. The van der Waals surface area contributed by atoms with Gasteiger partial charge < -0.3 is 15.5 Å². The van der Waals surface area contributed by atoms with Gasteiger partial charge in [-0.1, -0.05) is 6.07 Å². The fourth-order valence-corrected chi connectivity index (χ4v) is 2.78. The molecule has 0 saturated carbocycles. The van der Waals surface area contributed by atoms with E-state index in [2.05, 4.69) is 5.32 Å². The molecule has 0 spiro atoms. The number of furan rings is 1. The Morgan fingerprint density at radius 2 is 2.20 bits per heavy atom. The molecule has 2 aromatic heterocycles. The largest absolute Gasteiger partial charge is 0.451 e. The van der Waals surface area contributed by atoms with Crippen LogP contribution in [0.5, 0.6) is 0 Å². The number of carbonyl (C=O) groups excluding carboxylic acids is 1. The van der Waals surface area contributed by atoms with E-state index in [0.717, 1.165) is 10.3 Å². The molecule has 3 rings (SSSR count). The number of anilines is 1. The first-order chi connectivity index (χ1) is 9.63. The minimum absolute atomic E-state index is 0.0409. The summed E-state index contributed by atoms with van der Waals surface area (Å²) >= 11 is 1.61. The number of amides is 1. The fourth-order valence-electron chi connectivity index (χ4n) is 2.05. The normalized spacial score (nSPS) is 12.4. The minimum atomic E-state index is -0.222. The highest BCUT2D eigenvalue weighted by molar-refractivity contribution is 7.10. The van der Waals surface area contributed by atoms with Crippen molar-refractivity contribution in [1.29, 1.82) is 0 Å². The number of nitrogens with two attached hydrogens (primary N) is 1. The molecule has 0 aliphatic carbocycles. The maximum absolute atomic E-state index is 12.2. The van der Waals surface area contributed by atoms with E-state index in [9.17, 15) is 4.79 Å². The van der Waals surface area contributed by atoms with Gasteiger partial charge in [-0.2, -0.15) is 0 Å². The number of hydrogen-bond donors (Lipinski definition) is 2. The lowest BCUT2D eigenvalue weighted by Crippen LogP contribution is -2.25.